The third kappa shape index (κ3) is 4.22. The molecule has 1 fully saturated rings. The molecule has 0 spiro atoms. The number of carboxylic acids is 1. The number of hydrogen-bond donors (Lipinski definition) is 1. The summed E-state index contributed by atoms with van der Waals surface area (Å²) in [6.45, 7) is 2.62. The van der Waals surface area contributed by atoms with Gasteiger partial charge in [-0.2, -0.15) is 0 Å². The molecule has 3 nitrogen and oxygen atoms in total. The smallest absolute Gasteiger partial charge is 0.309 e. The number of carbonyl (C=O) groups is 1. The molecular formula is C17H23BrO3. The molecule has 1 aliphatic rings. The van der Waals surface area contributed by atoms with Gasteiger partial charge in [-0.15, -0.1) is 0 Å². The molecule has 0 saturated heterocycles. The van der Waals surface area contributed by atoms with Crippen molar-refractivity contribution in [2.24, 2.45) is 11.3 Å². The molecule has 0 aliphatic heterocycles. The molecule has 1 aliphatic carbocycles. The predicted octanol–water partition coefficient (Wildman–Crippen LogP) is 4.89. The van der Waals surface area contributed by atoms with Crippen molar-refractivity contribution < 1.29 is 14.6 Å². The van der Waals surface area contributed by atoms with Crippen LogP contribution in [-0.2, 0) is 4.79 Å². The van der Waals surface area contributed by atoms with E-state index in [-0.39, 0.29) is 0 Å². The Hall–Kier alpha value is -1.03. The van der Waals surface area contributed by atoms with Crippen LogP contribution in [0, 0.1) is 11.3 Å². The van der Waals surface area contributed by atoms with Crippen LogP contribution in [0.15, 0.2) is 28.7 Å². The molecule has 116 valence electrons. The molecule has 1 aromatic carbocycles. The van der Waals surface area contributed by atoms with Crippen LogP contribution in [-0.4, -0.2) is 17.7 Å². The zero-order chi connectivity index (χ0) is 15.3. The zero-order valence-corrected chi connectivity index (χ0v) is 14.1. The molecular weight excluding hydrogens is 332 g/mol. The Morgan fingerprint density at radius 2 is 2.14 bits per heavy atom. The topological polar surface area (TPSA) is 46.5 Å². The number of ether oxygens (including phenoxy) is 1. The summed E-state index contributed by atoms with van der Waals surface area (Å²) in [4.78, 5) is 11.8. The summed E-state index contributed by atoms with van der Waals surface area (Å²) < 4.78 is 6.73. The van der Waals surface area contributed by atoms with Gasteiger partial charge in [0.2, 0.25) is 0 Å². The minimum absolute atomic E-state index is 0.463. The average Bonchev–Trinajstić information content (AvgIpc) is 2.49. The maximum Gasteiger partial charge on any atom is 0.309 e. The van der Waals surface area contributed by atoms with Crippen molar-refractivity contribution in [2.45, 2.75) is 45.4 Å². The fourth-order valence-electron chi connectivity index (χ4n) is 3.26. The van der Waals surface area contributed by atoms with E-state index in [4.69, 9.17) is 4.74 Å². The minimum Gasteiger partial charge on any atom is -0.494 e. The first-order valence-electron chi connectivity index (χ1n) is 7.67. The van der Waals surface area contributed by atoms with Gasteiger partial charge in [-0.25, -0.2) is 0 Å². The van der Waals surface area contributed by atoms with E-state index >= 15 is 0 Å². The molecule has 0 bridgehead atoms. The van der Waals surface area contributed by atoms with Crippen molar-refractivity contribution >= 4 is 21.9 Å². The average molecular weight is 355 g/mol. The highest BCUT2D eigenvalue weighted by molar-refractivity contribution is 9.10. The van der Waals surface area contributed by atoms with E-state index in [1.165, 1.54) is 6.42 Å². The van der Waals surface area contributed by atoms with Crippen molar-refractivity contribution in [3.8, 4) is 5.75 Å². The van der Waals surface area contributed by atoms with E-state index in [1.807, 2.05) is 24.3 Å². The van der Waals surface area contributed by atoms with Gasteiger partial charge < -0.3 is 9.84 Å². The van der Waals surface area contributed by atoms with Gasteiger partial charge in [0.1, 0.15) is 5.75 Å². The quantitative estimate of drug-likeness (QED) is 0.790. The molecule has 0 heterocycles. The van der Waals surface area contributed by atoms with Crippen LogP contribution in [0.4, 0.5) is 0 Å². The minimum atomic E-state index is -0.653. The highest BCUT2D eigenvalue weighted by Crippen LogP contribution is 2.43. The summed E-state index contributed by atoms with van der Waals surface area (Å²) in [7, 11) is 0. The lowest BCUT2D eigenvalue weighted by molar-refractivity contribution is -0.153. The molecule has 0 amide bonds. The summed E-state index contributed by atoms with van der Waals surface area (Å²) >= 11 is 3.38. The molecule has 1 saturated carbocycles. The standard InChI is InChI=1S/C17H23BrO3/c1-2-13-4-3-9-17(12-13,16(19)20)10-11-21-15-7-5-14(18)6-8-15/h5-8,13H,2-4,9-12H2,1H3,(H,19,20). The lowest BCUT2D eigenvalue weighted by Crippen LogP contribution is -2.37. The summed E-state index contributed by atoms with van der Waals surface area (Å²) in [6, 6.07) is 7.65. The van der Waals surface area contributed by atoms with E-state index in [2.05, 4.69) is 22.9 Å². The lowest BCUT2D eigenvalue weighted by atomic mass is 9.67. The number of aliphatic carboxylic acids is 1. The fraction of sp³-hybridized carbons (Fsp3) is 0.588. The van der Waals surface area contributed by atoms with Crippen molar-refractivity contribution in [1.29, 1.82) is 0 Å². The van der Waals surface area contributed by atoms with Gasteiger partial charge in [-0.05, 0) is 49.4 Å². The monoisotopic (exact) mass is 354 g/mol. The second kappa shape index (κ2) is 7.30. The number of carboxylic acid groups (broad SMARTS) is 1. The van der Waals surface area contributed by atoms with Gasteiger partial charge >= 0.3 is 5.97 Å². The van der Waals surface area contributed by atoms with Crippen molar-refractivity contribution in [2.75, 3.05) is 6.61 Å². The highest BCUT2D eigenvalue weighted by Gasteiger charge is 2.42. The molecule has 1 N–H and O–H groups in total. The normalized spacial score (nSPS) is 25.5. The van der Waals surface area contributed by atoms with E-state index in [0.717, 1.165) is 35.9 Å². The maximum absolute atomic E-state index is 11.8. The van der Waals surface area contributed by atoms with Gasteiger partial charge in [0.05, 0.1) is 12.0 Å². The van der Waals surface area contributed by atoms with Crippen LogP contribution in [0.1, 0.15) is 45.4 Å². The SMILES string of the molecule is CCC1CCCC(CCOc2ccc(Br)cc2)(C(=O)O)C1. The van der Waals surface area contributed by atoms with Gasteiger partial charge in [0.15, 0.2) is 0 Å². The second-order valence-electron chi connectivity index (χ2n) is 6.01. The largest absolute Gasteiger partial charge is 0.494 e. The zero-order valence-electron chi connectivity index (χ0n) is 12.5. The van der Waals surface area contributed by atoms with E-state index < -0.39 is 11.4 Å². The third-order valence-electron chi connectivity index (χ3n) is 4.64. The van der Waals surface area contributed by atoms with Crippen LogP contribution < -0.4 is 4.74 Å². The fourth-order valence-corrected chi connectivity index (χ4v) is 3.52. The number of rotatable bonds is 6. The predicted molar refractivity (Wildman–Crippen MR) is 86.6 cm³/mol. The Morgan fingerprint density at radius 3 is 2.76 bits per heavy atom. The Balaban J connectivity index is 1.94. The second-order valence-corrected chi connectivity index (χ2v) is 6.92. The van der Waals surface area contributed by atoms with Gasteiger partial charge in [0, 0.05) is 4.47 Å². The number of hydrogen-bond acceptors (Lipinski definition) is 2. The van der Waals surface area contributed by atoms with E-state index in [0.29, 0.717) is 18.9 Å². The summed E-state index contributed by atoms with van der Waals surface area (Å²) in [6.07, 6.45) is 5.42. The van der Waals surface area contributed by atoms with Crippen molar-refractivity contribution in [3.63, 3.8) is 0 Å². The molecule has 2 unspecified atom stereocenters. The van der Waals surface area contributed by atoms with Crippen LogP contribution in [0.25, 0.3) is 0 Å². The first-order chi connectivity index (χ1) is 10.1. The summed E-state index contributed by atoms with van der Waals surface area (Å²) in [5.74, 6) is 0.684. The van der Waals surface area contributed by atoms with E-state index in [1.54, 1.807) is 0 Å². The van der Waals surface area contributed by atoms with Gasteiger partial charge in [-0.1, -0.05) is 42.1 Å². The molecule has 1 aromatic rings. The van der Waals surface area contributed by atoms with Gasteiger partial charge in [0.25, 0.3) is 0 Å². The molecule has 2 atom stereocenters. The Morgan fingerprint density at radius 1 is 1.43 bits per heavy atom. The molecule has 0 aromatic heterocycles. The molecule has 4 heteroatoms. The maximum atomic E-state index is 11.8. The molecule has 2 rings (SSSR count). The Kier molecular flexibility index (Phi) is 5.68. The summed E-state index contributed by atoms with van der Waals surface area (Å²) in [5.41, 5.74) is -0.589. The highest BCUT2D eigenvalue weighted by atomic mass is 79.9. The number of benzene rings is 1. The van der Waals surface area contributed by atoms with Crippen LogP contribution in [0.3, 0.4) is 0 Å². The first kappa shape index (κ1) is 16.3. The molecule has 21 heavy (non-hydrogen) atoms. The van der Waals surface area contributed by atoms with E-state index in [9.17, 15) is 9.90 Å². The third-order valence-corrected chi connectivity index (χ3v) is 5.17. The van der Waals surface area contributed by atoms with Crippen LogP contribution in [0.5, 0.6) is 5.75 Å². The van der Waals surface area contributed by atoms with Gasteiger partial charge in [-0.3, -0.25) is 4.79 Å². The van der Waals surface area contributed by atoms with Crippen LogP contribution >= 0.6 is 15.9 Å². The Labute approximate surface area is 134 Å². The Bertz CT molecular complexity index is 471. The first-order valence-corrected chi connectivity index (χ1v) is 8.47. The molecule has 0 radical (unpaired) electrons. The van der Waals surface area contributed by atoms with Crippen molar-refractivity contribution in [3.05, 3.63) is 28.7 Å². The lowest BCUT2D eigenvalue weighted by Gasteiger charge is -2.37. The van der Waals surface area contributed by atoms with Crippen LogP contribution in [0.2, 0.25) is 0 Å². The summed E-state index contributed by atoms with van der Waals surface area (Å²) in [5, 5.41) is 9.67. The van der Waals surface area contributed by atoms with Crippen molar-refractivity contribution in [1.82, 2.24) is 0 Å². The number of halogens is 1.